The van der Waals surface area contributed by atoms with Gasteiger partial charge in [-0.3, -0.25) is 0 Å². The summed E-state index contributed by atoms with van der Waals surface area (Å²) in [5.41, 5.74) is 0. The molecule has 0 heterocycles. The van der Waals surface area contributed by atoms with Crippen molar-refractivity contribution >= 4 is 46.1 Å². The molecule has 0 amide bonds. The van der Waals surface area contributed by atoms with Gasteiger partial charge in [0.25, 0.3) is 0 Å². The van der Waals surface area contributed by atoms with E-state index in [0.29, 0.717) is 0 Å². The Morgan fingerprint density at radius 3 is 1.44 bits per heavy atom. The summed E-state index contributed by atoms with van der Waals surface area (Å²) in [5.74, 6) is 0. The average molecular weight is 161 g/mol. The van der Waals surface area contributed by atoms with Crippen molar-refractivity contribution in [3.63, 3.8) is 0 Å². The summed E-state index contributed by atoms with van der Waals surface area (Å²) in [4.78, 5) is 0. The number of benzene rings is 1. The molecule has 3 heteroatoms. The van der Waals surface area contributed by atoms with Crippen LogP contribution in [0.1, 0.15) is 0 Å². The Balaban J connectivity index is -0.000000120. The first kappa shape index (κ1) is 16.6. The Kier molecular flexibility index (Phi) is 21.7. The van der Waals surface area contributed by atoms with Crippen LogP contribution in [0.25, 0.3) is 0 Å². The van der Waals surface area contributed by atoms with Crippen LogP contribution in [0.4, 0.5) is 0 Å². The van der Waals surface area contributed by atoms with Crippen LogP contribution in [0.2, 0.25) is 0 Å². The quantitative estimate of drug-likeness (QED) is 0.297. The molecule has 1 rings (SSSR count). The molecule has 0 aliphatic rings. The predicted octanol–water partition coefficient (Wildman–Crippen LogP) is -2.27. The van der Waals surface area contributed by atoms with Crippen LogP contribution < -0.4 is 12.4 Å². The topological polar surface area (TPSA) is 0 Å². The van der Waals surface area contributed by atoms with Gasteiger partial charge in [-0.15, -0.1) is 0 Å². The van der Waals surface area contributed by atoms with E-state index in [4.69, 9.17) is 0 Å². The third-order valence-electron chi connectivity index (χ3n) is 0.607. The van der Waals surface area contributed by atoms with E-state index in [1.165, 1.54) is 0 Å². The largest absolute Gasteiger partial charge is 2.00 e. The van der Waals surface area contributed by atoms with E-state index in [0.717, 1.165) is 0 Å². The third kappa shape index (κ3) is 9.04. The minimum absolute atomic E-state index is 0. The van der Waals surface area contributed by atoms with Crippen molar-refractivity contribution in [3.8, 4) is 0 Å². The van der Waals surface area contributed by atoms with Crippen molar-refractivity contribution in [3.05, 3.63) is 36.4 Å². The van der Waals surface area contributed by atoms with Crippen LogP contribution in [0, 0.1) is 6.07 Å². The molecule has 0 N–H and O–H groups in total. The van der Waals surface area contributed by atoms with Crippen molar-refractivity contribution in [1.82, 2.24) is 0 Å². The van der Waals surface area contributed by atoms with Gasteiger partial charge >= 0.3 is 23.1 Å². The normalized spacial score (nSPS) is 5.33. The van der Waals surface area contributed by atoms with Crippen molar-refractivity contribution < 1.29 is 12.4 Å². The fourth-order valence-corrected chi connectivity index (χ4v) is 0.342. The first-order chi connectivity index (χ1) is 3.00. The van der Waals surface area contributed by atoms with E-state index >= 15 is 0 Å². The molecule has 1 aromatic carbocycles. The number of rotatable bonds is 0. The molecule has 0 unspecified atom stereocenters. The summed E-state index contributed by atoms with van der Waals surface area (Å²) in [6, 6.07) is 12.5. The second-order valence-corrected chi connectivity index (χ2v) is 1.08. The zero-order chi connectivity index (χ0) is 4.24. The molecule has 0 spiro atoms. The SMILES string of the molecule is [Cl-].[Mg+2].[Mg].[c-]1ccccc1. The van der Waals surface area contributed by atoms with E-state index in [2.05, 4.69) is 6.07 Å². The zero-order valence-electron chi connectivity index (χ0n) is 5.18. The van der Waals surface area contributed by atoms with Gasteiger partial charge in [0.05, 0.1) is 0 Å². The molecule has 0 bridgehead atoms. The summed E-state index contributed by atoms with van der Waals surface area (Å²) >= 11 is 0. The molecule has 0 saturated carbocycles. The van der Waals surface area contributed by atoms with Gasteiger partial charge in [0.2, 0.25) is 0 Å². The standard InChI is InChI=1S/C6H5.ClH.2Mg/c1-2-4-6-5-3-1;;;/h1-5H;1H;;/q-1;;;+2/p-1. The van der Waals surface area contributed by atoms with Gasteiger partial charge in [-0.2, -0.15) is 36.4 Å². The van der Waals surface area contributed by atoms with Gasteiger partial charge in [-0.05, 0) is 0 Å². The van der Waals surface area contributed by atoms with Crippen LogP contribution in [-0.4, -0.2) is 46.1 Å². The molecular formula is C6H5ClMg2. The monoisotopic (exact) mass is 160 g/mol. The van der Waals surface area contributed by atoms with Gasteiger partial charge in [0, 0.05) is 23.1 Å². The molecule has 0 aliphatic carbocycles. The van der Waals surface area contributed by atoms with E-state index < -0.39 is 0 Å². The van der Waals surface area contributed by atoms with Crippen molar-refractivity contribution in [2.75, 3.05) is 0 Å². The Morgan fingerprint density at radius 1 is 0.889 bits per heavy atom. The molecule has 0 atom stereocenters. The Labute approximate surface area is 94.1 Å². The minimum atomic E-state index is 0. The van der Waals surface area contributed by atoms with E-state index in [9.17, 15) is 0 Å². The van der Waals surface area contributed by atoms with Crippen molar-refractivity contribution in [2.24, 2.45) is 0 Å². The molecular weight excluding hydrogens is 156 g/mol. The number of hydrogen-bond donors (Lipinski definition) is 0. The van der Waals surface area contributed by atoms with Gasteiger partial charge < -0.3 is 12.4 Å². The van der Waals surface area contributed by atoms with E-state index in [1.807, 2.05) is 30.3 Å². The molecule has 0 fully saturated rings. The predicted molar refractivity (Wildman–Crippen MR) is 36.8 cm³/mol. The molecule has 2 radical (unpaired) electrons. The molecule has 1 aromatic rings. The Hall–Kier alpha value is 1.04. The first-order valence-electron chi connectivity index (χ1n) is 1.91. The van der Waals surface area contributed by atoms with E-state index in [-0.39, 0.29) is 58.5 Å². The fraction of sp³-hybridized carbons (Fsp3) is 0. The van der Waals surface area contributed by atoms with Gasteiger partial charge in [0.15, 0.2) is 0 Å². The van der Waals surface area contributed by atoms with E-state index in [1.54, 1.807) is 0 Å². The smallest absolute Gasteiger partial charge is 1.00 e. The summed E-state index contributed by atoms with van der Waals surface area (Å²) in [6.07, 6.45) is 0. The summed E-state index contributed by atoms with van der Waals surface area (Å²) < 4.78 is 0. The third-order valence-corrected chi connectivity index (χ3v) is 0.607. The second-order valence-electron chi connectivity index (χ2n) is 1.08. The summed E-state index contributed by atoms with van der Waals surface area (Å²) in [6.45, 7) is 0. The second kappa shape index (κ2) is 11.8. The van der Waals surface area contributed by atoms with Crippen LogP contribution in [0.5, 0.6) is 0 Å². The summed E-state index contributed by atoms with van der Waals surface area (Å²) in [7, 11) is 0. The molecule has 0 aliphatic heterocycles. The zero-order valence-corrected chi connectivity index (χ0v) is 8.76. The minimum Gasteiger partial charge on any atom is -1.00 e. The molecule has 40 valence electrons. The molecule has 0 aromatic heterocycles. The van der Waals surface area contributed by atoms with Crippen LogP contribution in [-0.2, 0) is 0 Å². The van der Waals surface area contributed by atoms with Gasteiger partial charge in [0.1, 0.15) is 0 Å². The van der Waals surface area contributed by atoms with Crippen LogP contribution >= 0.6 is 0 Å². The summed E-state index contributed by atoms with van der Waals surface area (Å²) in [5, 5.41) is 0. The van der Waals surface area contributed by atoms with Crippen molar-refractivity contribution in [2.45, 2.75) is 0 Å². The Morgan fingerprint density at radius 2 is 1.33 bits per heavy atom. The first-order valence-corrected chi connectivity index (χ1v) is 1.91. The molecule has 9 heavy (non-hydrogen) atoms. The van der Waals surface area contributed by atoms with Gasteiger partial charge in [-0.1, -0.05) is 0 Å². The fourth-order valence-electron chi connectivity index (χ4n) is 0.342. The average Bonchev–Trinajstić information content (AvgIpc) is 1.72. The molecule has 0 saturated heterocycles. The maximum atomic E-state index is 2.89. The van der Waals surface area contributed by atoms with Gasteiger partial charge in [-0.25, -0.2) is 0 Å². The van der Waals surface area contributed by atoms with Crippen LogP contribution in [0.15, 0.2) is 30.3 Å². The molecule has 0 nitrogen and oxygen atoms in total. The maximum Gasteiger partial charge on any atom is 2.00 e. The maximum absolute atomic E-state index is 2.89. The van der Waals surface area contributed by atoms with Crippen LogP contribution in [0.3, 0.4) is 0 Å². The Bertz CT molecular complexity index is 83.0. The number of hydrogen-bond acceptors (Lipinski definition) is 0. The van der Waals surface area contributed by atoms with Crippen molar-refractivity contribution in [1.29, 1.82) is 0 Å². The number of halogens is 1.